The number of fused-ring (bicyclic) bond motifs is 1. The lowest BCUT2D eigenvalue weighted by Crippen LogP contribution is -2.03. The Morgan fingerprint density at radius 2 is 2.00 bits per heavy atom. The van der Waals surface area contributed by atoms with Gasteiger partial charge in [0.15, 0.2) is 0 Å². The Labute approximate surface area is 103 Å². The van der Waals surface area contributed by atoms with E-state index in [2.05, 4.69) is 39.0 Å². The molecule has 0 atom stereocenters. The van der Waals surface area contributed by atoms with Crippen molar-refractivity contribution >= 4 is 16.6 Å². The van der Waals surface area contributed by atoms with Gasteiger partial charge in [-0.1, -0.05) is 31.9 Å². The highest BCUT2D eigenvalue weighted by molar-refractivity contribution is 5.92. The number of pyridine rings is 1. The first-order valence-corrected chi connectivity index (χ1v) is 6.35. The number of hydrogen-bond donors (Lipinski definition) is 1. The van der Waals surface area contributed by atoms with Crippen LogP contribution in [0.15, 0.2) is 18.2 Å². The number of hydrogen-bond acceptors (Lipinski definition) is 2. The topological polar surface area (TPSA) is 38.9 Å². The number of anilines is 1. The number of aromatic nitrogens is 1. The predicted octanol–water partition coefficient (Wildman–Crippen LogP) is 3.64. The van der Waals surface area contributed by atoms with Gasteiger partial charge in [0, 0.05) is 16.8 Å². The second kappa shape index (κ2) is 4.74. The van der Waals surface area contributed by atoms with Crippen molar-refractivity contribution in [2.24, 2.45) is 0 Å². The molecule has 0 amide bonds. The molecular weight excluding hydrogens is 208 g/mol. The van der Waals surface area contributed by atoms with Gasteiger partial charge in [-0.05, 0) is 37.5 Å². The van der Waals surface area contributed by atoms with Gasteiger partial charge < -0.3 is 5.73 Å². The molecule has 0 aliphatic heterocycles. The van der Waals surface area contributed by atoms with E-state index in [0.29, 0.717) is 0 Å². The highest BCUT2D eigenvalue weighted by Crippen LogP contribution is 2.27. The minimum absolute atomic E-state index is 0.921. The van der Waals surface area contributed by atoms with Crippen molar-refractivity contribution in [3.63, 3.8) is 0 Å². The van der Waals surface area contributed by atoms with Crippen LogP contribution < -0.4 is 5.73 Å². The van der Waals surface area contributed by atoms with E-state index in [-0.39, 0.29) is 0 Å². The van der Waals surface area contributed by atoms with Gasteiger partial charge in [0.25, 0.3) is 0 Å². The average Bonchev–Trinajstić information content (AvgIpc) is 2.31. The number of aryl methyl sites for hydroxylation is 2. The molecule has 2 rings (SSSR count). The zero-order valence-corrected chi connectivity index (χ0v) is 10.9. The Kier molecular flexibility index (Phi) is 3.32. The molecule has 0 saturated heterocycles. The summed E-state index contributed by atoms with van der Waals surface area (Å²) in [6, 6.07) is 6.29. The number of rotatable bonds is 3. The molecule has 1 aromatic heterocycles. The van der Waals surface area contributed by atoms with Crippen molar-refractivity contribution in [1.82, 2.24) is 4.98 Å². The van der Waals surface area contributed by atoms with E-state index in [4.69, 9.17) is 10.7 Å². The molecule has 0 spiro atoms. The summed E-state index contributed by atoms with van der Waals surface area (Å²) in [5.41, 5.74) is 11.9. The molecule has 0 radical (unpaired) electrons. The molecule has 1 heterocycles. The first-order chi connectivity index (χ1) is 8.17. The normalized spacial score (nSPS) is 11.0. The molecule has 0 bridgehead atoms. The molecule has 1 aromatic carbocycles. The van der Waals surface area contributed by atoms with Gasteiger partial charge >= 0.3 is 0 Å². The van der Waals surface area contributed by atoms with Gasteiger partial charge in [0.05, 0.1) is 5.52 Å². The van der Waals surface area contributed by atoms with Crippen LogP contribution in [0.3, 0.4) is 0 Å². The smallest absolute Gasteiger partial charge is 0.0726 e. The molecule has 2 aromatic rings. The average molecular weight is 228 g/mol. The minimum atomic E-state index is 0.921. The molecule has 0 aliphatic rings. The lowest BCUT2D eigenvalue weighted by Gasteiger charge is -2.13. The van der Waals surface area contributed by atoms with Gasteiger partial charge in [0.2, 0.25) is 0 Å². The Balaban J connectivity index is 2.73. The summed E-state index contributed by atoms with van der Waals surface area (Å²) in [5.74, 6) is 0. The molecule has 17 heavy (non-hydrogen) atoms. The van der Waals surface area contributed by atoms with Crippen molar-refractivity contribution < 1.29 is 0 Å². The zero-order valence-electron chi connectivity index (χ0n) is 10.9. The van der Waals surface area contributed by atoms with Crippen molar-refractivity contribution in [3.05, 3.63) is 35.0 Å². The fraction of sp³-hybridized carbons (Fsp3) is 0.400. The highest BCUT2D eigenvalue weighted by atomic mass is 14.7. The molecule has 2 nitrogen and oxygen atoms in total. The fourth-order valence-corrected chi connectivity index (χ4v) is 2.33. The molecule has 0 unspecified atom stereocenters. The Morgan fingerprint density at radius 3 is 2.65 bits per heavy atom. The van der Waals surface area contributed by atoms with Crippen LogP contribution in [0.25, 0.3) is 10.9 Å². The van der Waals surface area contributed by atoms with Crippen LogP contribution in [0.2, 0.25) is 0 Å². The van der Waals surface area contributed by atoms with Crippen LogP contribution in [0.4, 0.5) is 5.69 Å². The third-order valence-electron chi connectivity index (χ3n) is 3.21. The second-order valence-corrected chi connectivity index (χ2v) is 4.57. The van der Waals surface area contributed by atoms with E-state index in [1.54, 1.807) is 0 Å². The van der Waals surface area contributed by atoms with E-state index in [1.807, 2.05) is 0 Å². The molecular formula is C15H20N2. The summed E-state index contributed by atoms with van der Waals surface area (Å²) < 4.78 is 0. The first kappa shape index (κ1) is 11.9. The number of benzene rings is 1. The Hall–Kier alpha value is -1.57. The van der Waals surface area contributed by atoms with Crippen LogP contribution in [-0.4, -0.2) is 4.98 Å². The van der Waals surface area contributed by atoms with Gasteiger partial charge in [-0.3, -0.25) is 4.98 Å². The summed E-state index contributed by atoms with van der Waals surface area (Å²) in [6.07, 6.45) is 3.08. The lowest BCUT2D eigenvalue weighted by molar-refractivity contribution is 0.867. The third-order valence-corrected chi connectivity index (χ3v) is 3.21. The molecule has 2 heteroatoms. The molecule has 0 aliphatic carbocycles. The SMILES string of the molecule is CCCc1nc2ccc(C)cc2c(N)c1CC. The Bertz CT molecular complexity index is 544. The largest absolute Gasteiger partial charge is 0.398 e. The maximum atomic E-state index is 6.29. The van der Waals surface area contributed by atoms with Crippen molar-refractivity contribution in [2.45, 2.75) is 40.0 Å². The molecule has 2 N–H and O–H groups in total. The fourth-order valence-electron chi connectivity index (χ4n) is 2.33. The summed E-state index contributed by atoms with van der Waals surface area (Å²) in [4.78, 5) is 4.76. The van der Waals surface area contributed by atoms with Crippen LogP contribution >= 0.6 is 0 Å². The standard InChI is InChI=1S/C15H20N2/c1-4-6-13-11(5-2)15(16)12-9-10(3)7-8-14(12)17-13/h7-9H,4-6H2,1-3H3,(H2,16,17). The Morgan fingerprint density at radius 1 is 1.24 bits per heavy atom. The third kappa shape index (κ3) is 2.12. The van der Waals surface area contributed by atoms with E-state index < -0.39 is 0 Å². The molecule has 90 valence electrons. The summed E-state index contributed by atoms with van der Waals surface area (Å²) in [7, 11) is 0. The van der Waals surface area contributed by atoms with Crippen LogP contribution in [0.5, 0.6) is 0 Å². The van der Waals surface area contributed by atoms with Crippen LogP contribution in [0.1, 0.15) is 37.1 Å². The highest BCUT2D eigenvalue weighted by Gasteiger charge is 2.10. The monoisotopic (exact) mass is 228 g/mol. The molecule has 0 fully saturated rings. The number of nitrogen functional groups attached to an aromatic ring is 1. The zero-order chi connectivity index (χ0) is 12.4. The molecule has 0 saturated carbocycles. The minimum Gasteiger partial charge on any atom is -0.398 e. The number of nitrogens with two attached hydrogens (primary N) is 1. The second-order valence-electron chi connectivity index (χ2n) is 4.57. The maximum absolute atomic E-state index is 6.29. The lowest BCUT2D eigenvalue weighted by atomic mass is 10.0. The van der Waals surface area contributed by atoms with Crippen molar-refractivity contribution in [1.29, 1.82) is 0 Å². The van der Waals surface area contributed by atoms with Gasteiger partial charge in [-0.15, -0.1) is 0 Å². The summed E-state index contributed by atoms with van der Waals surface area (Å²) in [5, 5.41) is 1.10. The first-order valence-electron chi connectivity index (χ1n) is 6.35. The van der Waals surface area contributed by atoms with Gasteiger partial charge in [-0.25, -0.2) is 0 Å². The van der Waals surface area contributed by atoms with Gasteiger partial charge in [0.1, 0.15) is 0 Å². The van der Waals surface area contributed by atoms with Crippen LogP contribution in [-0.2, 0) is 12.8 Å². The van der Waals surface area contributed by atoms with Crippen molar-refractivity contribution in [2.75, 3.05) is 5.73 Å². The predicted molar refractivity (Wildman–Crippen MR) is 74.3 cm³/mol. The van der Waals surface area contributed by atoms with E-state index in [9.17, 15) is 0 Å². The van der Waals surface area contributed by atoms with E-state index in [1.165, 1.54) is 16.8 Å². The maximum Gasteiger partial charge on any atom is 0.0726 e. The summed E-state index contributed by atoms with van der Waals surface area (Å²) in [6.45, 7) is 6.41. The quantitative estimate of drug-likeness (QED) is 0.871. The summed E-state index contributed by atoms with van der Waals surface area (Å²) >= 11 is 0. The van der Waals surface area contributed by atoms with E-state index in [0.717, 1.165) is 35.9 Å². The van der Waals surface area contributed by atoms with E-state index >= 15 is 0 Å². The number of nitrogens with zero attached hydrogens (tertiary/aromatic N) is 1. The van der Waals surface area contributed by atoms with Gasteiger partial charge in [-0.2, -0.15) is 0 Å². The van der Waals surface area contributed by atoms with Crippen molar-refractivity contribution in [3.8, 4) is 0 Å². The van der Waals surface area contributed by atoms with Crippen LogP contribution in [0, 0.1) is 6.92 Å².